The predicted octanol–water partition coefficient (Wildman–Crippen LogP) is 6.08. The maximum absolute atomic E-state index is 10.5. The fourth-order valence-corrected chi connectivity index (χ4v) is 7.62. The molecule has 0 spiro atoms. The number of halogens is 2. The van der Waals surface area contributed by atoms with Gasteiger partial charge in [0.15, 0.2) is 0 Å². The molecule has 0 saturated heterocycles. The Morgan fingerprint density at radius 3 is 1.12 bits per heavy atom. The summed E-state index contributed by atoms with van der Waals surface area (Å²) in [6.45, 7) is 25.2. The second-order valence-electron chi connectivity index (χ2n) is 12.2. The van der Waals surface area contributed by atoms with Crippen LogP contribution in [0.2, 0.25) is 39.3 Å². The summed E-state index contributed by atoms with van der Waals surface area (Å²) >= 11 is 0. The van der Waals surface area contributed by atoms with Crippen LogP contribution in [0.5, 0.6) is 0 Å². The maximum atomic E-state index is 10.5. The summed E-state index contributed by atoms with van der Waals surface area (Å²) in [6, 6.07) is 24.6. The number of nitrogens with one attached hydrogen (secondary N) is 1. The Hall–Kier alpha value is -6.53. The molecule has 0 radical (unpaired) electrons. The van der Waals surface area contributed by atoms with Crippen LogP contribution in [0.15, 0.2) is 110 Å². The van der Waals surface area contributed by atoms with Crippen molar-refractivity contribution in [2.24, 2.45) is 0 Å². The second-order valence-corrected chi connectivity index (χ2v) is 25.5. The number of hydrogen-bond acceptors (Lipinski definition) is 5. The molecule has 14 heteroatoms. The molecule has 0 saturated carbocycles. The van der Waals surface area contributed by atoms with Crippen LogP contribution in [0.1, 0.15) is 0 Å². The summed E-state index contributed by atoms with van der Waals surface area (Å²) in [7, 11) is 0.903. The van der Waals surface area contributed by atoms with Crippen LogP contribution >= 0.6 is 0 Å². The average Bonchev–Trinajstić information content (AvgIpc) is 3.12. The first-order chi connectivity index (χ1) is 22.9. The topological polar surface area (TPSA) is 86.8 Å². The van der Waals surface area contributed by atoms with E-state index in [9.17, 15) is 18.4 Å². The standard InChI is InChI=1S/2C12H16NOSi.C11H17NSi.2CFO.2Rf/c2*1-5-15(3,4)12-8-6-7-11(9-12)13(2)10-14;1-5-13(3,4)11-8-6-7-10(9-11)12-2;2*2-1-3;;/h2*5-9H,1H2,2-4H3;5-9,12H,1H2,2-4H3;;;;/q2*-1;;2*-1;;. The number of nitrogens with zero attached hydrogens (tertiary/aromatic N) is 2. The molecule has 0 aliphatic rings. The van der Waals surface area contributed by atoms with Gasteiger partial charge in [-0.3, -0.25) is 0 Å². The van der Waals surface area contributed by atoms with Crippen molar-refractivity contribution < 1.29 is 28.0 Å². The van der Waals surface area contributed by atoms with Gasteiger partial charge in [0.05, 0.1) is 12.8 Å². The number of carbonyl (C=O) groups excluding carboxylic acids is 4. The summed E-state index contributed by atoms with van der Waals surface area (Å²) in [5, 5.41) is 7.13. The summed E-state index contributed by atoms with van der Waals surface area (Å²) in [5.74, 6) is 0. The van der Waals surface area contributed by atoms with Crippen LogP contribution in [0, 0.1) is 0 Å². The van der Waals surface area contributed by atoms with Gasteiger partial charge in [0.2, 0.25) is 0 Å². The molecule has 51 heavy (non-hydrogen) atoms. The molecule has 3 rings (SSSR count). The number of amides is 2. The van der Waals surface area contributed by atoms with Gasteiger partial charge in [0.25, 0.3) is 0 Å². The molecule has 0 heterocycles. The van der Waals surface area contributed by atoms with Crippen molar-refractivity contribution in [2.75, 3.05) is 36.3 Å². The molecule has 3 aromatic carbocycles. The van der Waals surface area contributed by atoms with Gasteiger partial charge in [-0.25, -0.2) is 0 Å². The van der Waals surface area contributed by atoms with Crippen LogP contribution < -0.4 is 30.7 Å². The van der Waals surface area contributed by atoms with Gasteiger partial charge in [-0.2, -0.15) is 0 Å². The predicted molar refractivity (Wildman–Crippen MR) is 213 cm³/mol. The molecule has 7 nitrogen and oxygen atoms in total. The van der Waals surface area contributed by atoms with Crippen LogP contribution in [0.3, 0.4) is 0 Å². The van der Waals surface area contributed by atoms with E-state index in [1.807, 2.05) is 67.7 Å². The molecule has 0 atom stereocenters. The first-order valence-electron chi connectivity index (χ1n) is 15.0. The van der Waals surface area contributed by atoms with E-state index in [0.717, 1.165) is 11.4 Å². The van der Waals surface area contributed by atoms with Crippen molar-refractivity contribution in [1.29, 1.82) is 0 Å². The number of hydrogen-bond donors (Lipinski definition) is 1. The van der Waals surface area contributed by atoms with E-state index in [1.165, 1.54) is 31.0 Å². The van der Waals surface area contributed by atoms with E-state index in [-0.39, 0.29) is 13.1 Å². The van der Waals surface area contributed by atoms with Crippen molar-refractivity contribution in [1.82, 2.24) is 0 Å². The molecule has 2 amide bonds. The fourth-order valence-electron chi connectivity index (χ4n) is 3.77. The molecule has 0 aliphatic carbocycles. The Morgan fingerprint density at radius 1 is 0.588 bits per heavy atom. The Bertz CT molecular complexity index is 1430. The molecule has 270 valence electrons. The van der Waals surface area contributed by atoms with Crippen molar-refractivity contribution >= 4 is 82.7 Å². The Balaban J connectivity index is -0.000000296. The fraction of sp³-hybridized carbons (Fsp3) is 0.243. The first kappa shape index (κ1) is 51.3. The third-order valence-corrected chi connectivity index (χ3v) is 16.1. The minimum absolute atomic E-state index is 0. The monoisotopic (exact) mass is 1260 g/mol. The van der Waals surface area contributed by atoms with E-state index in [1.54, 1.807) is 14.1 Å². The van der Waals surface area contributed by atoms with E-state index < -0.39 is 24.2 Å². The van der Waals surface area contributed by atoms with Gasteiger partial charge in [-0.1, -0.05) is 121 Å². The van der Waals surface area contributed by atoms with Crippen LogP contribution in [0.4, 0.5) is 25.8 Å². The SMILES string of the molecule is C=C[Si](C)(C)c1cccc(N(C)[C-]=O)c1.C=C[Si](C)(C)c1cccc(N(C)[C-]=O)c1.C=C[Si](C)(C)c1cccc(NC)c1.O=[C-]F.O=[C-]F.[Rf].[Rf]. The molecular weight excluding hydrogens is 1210 g/mol. The molecule has 0 aliphatic heterocycles. The quantitative estimate of drug-likeness (QED) is 0.109. The first-order valence-corrected chi connectivity index (χ1v) is 24.3. The molecule has 3 aromatic rings. The van der Waals surface area contributed by atoms with Crippen LogP contribution in [-0.4, -0.2) is 71.3 Å². The van der Waals surface area contributed by atoms with Crippen molar-refractivity contribution in [2.45, 2.75) is 39.3 Å². The van der Waals surface area contributed by atoms with Crippen molar-refractivity contribution in [3.63, 3.8) is 0 Å². The largest absolute Gasteiger partial charge is 0.507 e. The minimum Gasteiger partial charge on any atom is -0.507 e. The van der Waals surface area contributed by atoms with E-state index in [4.69, 9.17) is 9.59 Å². The van der Waals surface area contributed by atoms with E-state index in [0.29, 0.717) is 0 Å². The number of anilines is 3. The maximum Gasteiger partial charge on any atom is 0.103 e. The van der Waals surface area contributed by atoms with Crippen molar-refractivity contribution in [3.8, 4) is 0 Å². The van der Waals surface area contributed by atoms with E-state index >= 15 is 0 Å². The third kappa shape index (κ3) is 18.0. The smallest absolute Gasteiger partial charge is 0.103 e. The second kappa shape index (κ2) is 25.5. The van der Waals surface area contributed by atoms with E-state index in [2.05, 4.69) is 106 Å². The van der Waals surface area contributed by atoms with Crippen LogP contribution in [-0.2, 0) is 19.2 Å². The zero-order valence-electron chi connectivity index (χ0n) is 31.5. The van der Waals surface area contributed by atoms with Gasteiger partial charge in [0.1, 0.15) is 24.2 Å². The molecular formula is C37H49F2N3O4Rf2Si3-4. The average molecular weight is 1260 g/mol. The van der Waals surface area contributed by atoms with Gasteiger partial charge in [0, 0.05) is 12.7 Å². The Labute approximate surface area is 295 Å². The van der Waals surface area contributed by atoms with Crippen molar-refractivity contribution in [3.05, 3.63) is 110 Å². The van der Waals surface area contributed by atoms with Gasteiger partial charge in [-0.15, -0.1) is 55.4 Å². The summed E-state index contributed by atoms with van der Waals surface area (Å²) in [4.78, 5) is 40.0. The summed E-state index contributed by atoms with van der Waals surface area (Å²) in [5.41, 5.74) is 9.13. The zero-order chi connectivity index (χ0) is 38.3. The third-order valence-electron chi connectivity index (χ3n) is 7.65. The molecule has 1 N–H and O–H groups in total. The van der Waals surface area contributed by atoms with Gasteiger partial charge < -0.3 is 43.1 Å². The molecule has 0 unspecified atom stereocenters. The molecule has 0 bridgehead atoms. The summed E-state index contributed by atoms with van der Waals surface area (Å²) < 4.78 is 19.0. The van der Waals surface area contributed by atoms with Crippen LogP contribution in [0.25, 0.3) is 0 Å². The Kier molecular flexibility index (Phi) is 25.6. The Morgan fingerprint density at radius 2 is 0.863 bits per heavy atom. The normalized spacial score (nSPS) is 9.71. The molecule has 0 aromatic heterocycles. The molecule has 0 fully saturated rings. The van der Waals surface area contributed by atoms with Gasteiger partial charge in [-0.05, 0) is 26.2 Å². The van der Waals surface area contributed by atoms with Gasteiger partial charge >= 0.3 is 0 Å². The minimum atomic E-state index is -1.54. The number of benzene rings is 3. The number of rotatable bonds is 11. The summed E-state index contributed by atoms with van der Waals surface area (Å²) in [6.07, 6.45) is 3.70. The zero-order valence-corrected chi connectivity index (χ0v) is 47.3.